The summed E-state index contributed by atoms with van der Waals surface area (Å²) >= 11 is 1.88. The first-order valence-electron chi connectivity index (χ1n) is 20.6. The van der Waals surface area contributed by atoms with Gasteiger partial charge in [-0.1, -0.05) is 146 Å². The normalized spacial score (nSPS) is 14.6. The lowest BCUT2D eigenvalue weighted by atomic mass is 9.83. The third-order valence-electron chi connectivity index (χ3n) is 12.1. The number of benzene rings is 8. The van der Waals surface area contributed by atoms with Gasteiger partial charge in [0.15, 0.2) is 0 Å². The molecule has 0 radical (unpaired) electrons. The van der Waals surface area contributed by atoms with Crippen LogP contribution in [0.1, 0.15) is 36.0 Å². The highest BCUT2D eigenvalue weighted by molar-refractivity contribution is 7.25. The fraction of sp³-hybridized carbons (Fsp3) is 0.0714. The van der Waals surface area contributed by atoms with E-state index in [1.165, 1.54) is 92.6 Å². The summed E-state index contributed by atoms with van der Waals surface area (Å²) in [6, 6.07) is 71.7. The molecule has 0 aliphatic heterocycles. The van der Waals surface area contributed by atoms with Crippen LogP contribution in [0.3, 0.4) is 0 Å². The van der Waals surface area contributed by atoms with Crippen LogP contribution >= 0.6 is 11.3 Å². The van der Waals surface area contributed by atoms with Gasteiger partial charge in [0.2, 0.25) is 0 Å². The summed E-state index contributed by atoms with van der Waals surface area (Å²) in [6.45, 7) is 2.33. The Bertz CT molecular complexity index is 3210. The Balaban J connectivity index is 1.04. The molecule has 2 nitrogen and oxygen atoms in total. The lowest BCUT2D eigenvalue weighted by Gasteiger charge is -2.32. The summed E-state index contributed by atoms with van der Waals surface area (Å²) in [5.41, 5.74) is 13.6. The van der Waals surface area contributed by atoms with E-state index in [1.54, 1.807) is 0 Å². The van der Waals surface area contributed by atoms with Gasteiger partial charge in [0.25, 0.3) is 0 Å². The zero-order valence-corrected chi connectivity index (χ0v) is 33.7. The molecule has 2 unspecified atom stereocenters. The average Bonchev–Trinajstić information content (AvgIpc) is 3.83. The number of hydrogen-bond donors (Lipinski definition) is 0. The average molecular weight is 775 g/mol. The molecule has 59 heavy (non-hydrogen) atoms. The van der Waals surface area contributed by atoms with Crippen LogP contribution in [0.15, 0.2) is 218 Å². The van der Waals surface area contributed by atoms with Gasteiger partial charge in [0, 0.05) is 65.5 Å². The Morgan fingerprint density at radius 3 is 1.98 bits per heavy atom. The first-order valence-corrected chi connectivity index (χ1v) is 21.4. The fourth-order valence-corrected chi connectivity index (χ4v) is 10.3. The first kappa shape index (κ1) is 35.2. The van der Waals surface area contributed by atoms with Gasteiger partial charge in [-0.15, -0.1) is 11.3 Å². The molecule has 0 bridgehead atoms. The van der Waals surface area contributed by atoms with Crippen molar-refractivity contribution in [1.29, 1.82) is 0 Å². The topological polar surface area (TPSA) is 8.17 Å². The summed E-state index contributed by atoms with van der Waals surface area (Å²) in [5, 5.41) is 5.14. The van der Waals surface area contributed by atoms with E-state index in [4.69, 9.17) is 0 Å². The van der Waals surface area contributed by atoms with Gasteiger partial charge in [0.05, 0.1) is 11.0 Å². The van der Waals surface area contributed by atoms with Gasteiger partial charge in [0.1, 0.15) is 0 Å². The zero-order chi connectivity index (χ0) is 39.3. The van der Waals surface area contributed by atoms with Crippen molar-refractivity contribution in [3.05, 3.63) is 235 Å². The second-order valence-electron chi connectivity index (χ2n) is 15.8. The molecular formula is C56H42N2S. The molecule has 1 aliphatic rings. The predicted molar refractivity (Wildman–Crippen MR) is 253 cm³/mol. The van der Waals surface area contributed by atoms with Gasteiger partial charge < -0.3 is 9.47 Å². The molecule has 10 aromatic rings. The maximum Gasteiger partial charge on any atom is 0.0547 e. The van der Waals surface area contributed by atoms with Gasteiger partial charge in [-0.2, -0.15) is 0 Å². The van der Waals surface area contributed by atoms with Crippen LogP contribution in [0.2, 0.25) is 0 Å². The lowest BCUT2D eigenvalue weighted by molar-refractivity contribution is 0.670. The number of aromatic nitrogens is 1. The summed E-state index contributed by atoms with van der Waals surface area (Å²) in [7, 11) is 0. The van der Waals surface area contributed by atoms with E-state index in [-0.39, 0.29) is 5.92 Å². The Hall–Kier alpha value is -6.94. The molecule has 0 fully saturated rings. The monoisotopic (exact) mass is 774 g/mol. The Morgan fingerprint density at radius 2 is 1.17 bits per heavy atom. The zero-order valence-electron chi connectivity index (χ0n) is 32.9. The van der Waals surface area contributed by atoms with Crippen molar-refractivity contribution >= 4 is 64.7 Å². The highest BCUT2D eigenvalue weighted by Gasteiger charge is 2.23. The number of anilines is 2. The van der Waals surface area contributed by atoms with Crippen LogP contribution in [0.4, 0.5) is 11.4 Å². The maximum absolute atomic E-state index is 2.46. The van der Waals surface area contributed by atoms with Crippen LogP contribution in [0.5, 0.6) is 0 Å². The number of para-hydroxylation sites is 3. The lowest BCUT2D eigenvalue weighted by Crippen LogP contribution is -2.22. The smallest absolute Gasteiger partial charge is 0.0547 e. The molecule has 0 spiro atoms. The maximum atomic E-state index is 2.46. The number of fused-ring (bicyclic) bond motifs is 6. The molecule has 0 N–H and O–H groups in total. The third-order valence-corrected chi connectivity index (χ3v) is 13.3. The number of allylic oxidation sites excluding steroid dienone is 4. The molecule has 282 valence electrons. The molecule has 2 atom stereocenters. The SMILES string of the molecule is CC1CC=CC=C1N(c1ccccc1)c1ccc2sc3ccc(C(c4ccccc4)c4cccc(-c5ccc6c7ccccc7n(-c7ccccc7)c6c5)c4)cc3c2c1. The van der Waals surface area contributed by atoms with Crippen molar-refractivity contribution in [2.75, 3.05) is 4.90 Å². The summed E-state index contributed by atoms with van der Waals surface area (Å²) in [6.07, 6.45) is 7.81. The van der Waals surface area contributed by atoms with Crippen LogP contribution in [-0.2, 0) is 0 Å². The van der Waals surface area contributed by atoms with Crippen LogP contribution in [-0.4, -0.2) is 4.57 Å². The van der Waals surface area contributed by atoms with E-state index in [1.807, 2.05) is 11.3 Å². The van der Waals surface area contributed by atoms with Gasteiger partial charge in [-0.3, -0.25) is 0 Å². The Morgan fingerprint density at radius 1 is 0.508 bits per heavy atom. The van der Waals surface area contributed by atoms with E-state index in [2.05, 4.69) is 229 Å². The van der Waals surface area contributed by atoms with Gasteiger partial charge in [-0.05, 0) is 107 Å². The highest BCUT2D eigenvalue weighted by Crippen LogP contribution is 2.43. The predicted octanol–water partition coefficient (Wildman–Crippen LogP) is 15.6. The van der Waals surface area contributed by atoms with Gasteiger partial charge in [-0.25, -0.2) is 0 Å². The summed E-state index contributed by atoms with van der Waals surface area (Å²) in [5.74, 6) is 0.471. The van der Waals surface area contributed by atoms with Gasteiger partial charge >= 0.3 is 0 Å². The summed E-state index contributed by atoms with van der Waals surface area (Å²) < 4.78 is 5.02. The second kappa shape index (κ2) is 14.8. The minimum Gasteiger partial charge on any atom is -0.314 e. The van der Waals surface area contributed by atoms with Crippen molar-refractivity contribution in [3.8, 4) is 16.8 Å². The number of nitrogens with zero attached hydrogens (tertiary/aromatic N) is 2. The molecule has 8 aromatic carbocycles. The number of rotatable bonds is 8. The molecular weight excluding hydrogens is 733 g/mol. The third kappa shape index (κ3) is 6.26. The molecule has 3 heteroatoms. The number of thiophene rings is 1. The van der Waals surface area contributed by atoms with E-state index < -0.39 is 0 Å². The first-order chi connectivity index (χ1) is 29.2. The van der Waals surface area contributed by atoms with Crippen molar-refractivity contribution in [2.45, 2.75) is 19.3 Å². The minimum atomic E-state index is 0.0547. The Kier molecular flexibility index (Phi) is 8.83. The molecule has 0 saturated heterocycles. The highest BCUT2D eigenvalue weighted by atomic mass is 32.1. The van der Waals surface area contributed by atoms with Crippen LogP contribution in [0, 0.1) is 5.92 Å². The molecule has 0 saturated carbocycles. The second-order valence-corrected chi connectivity index (χ2v) is 16.8. The quantitative estimate of drug-likeness (QED) is 0.140. The minimum absolute atomic E-state index is 0.0547. The standard InChI is InChI=1S/C56H42N2S/c1-38-16-11-13-26-51(38)57(44-21-7-3-8-22-44)46-30-33-55-50(37-46)49-35-43(29-32-54(49)59-55)56(39-17-5-2-6-18-39)42-20-15-19-40(34-42)41-28-31-48-47-25-12-14-27-52(47)58(53(48)36-41)45-23-9-4-10-24-45/h2-15,17-38,56H,16H2,1H3. The Labute approximate surface area is 349 Å². The number of hydrogen-bond acceptors (Lipinski definition) is 2. The van der Waals surface area contributed by atoms with Crippen molar-refractivity contribution in [2.24, 2.45) is 5.92 Å². The van der Waals surface area contributed by atoms with Crippen molar-refractivity contribution < 1.29 is 0 Å². The van der Waals surface area contributed by atoms with E-state index in [0.29, 0.717) is 5.92 Å². The molecule has 11 rings (SSSR count). The van der Waals surface area contributed by atoms with Crippen molar-refractivity contribution in [1.82, 2.24) is 4.57 Å². The van der Waals surface area contributed by atoms with E-state index in [9.17, 15) is 0 Å². The molecule has 0 amide bonds. The van der Waals surface area contributed by atoms with E-state index >= 15 is 0 Å². The molecule has 1 aliphatic carbocycles. The molecule has 2 aromatic heterocycles. The van der Waals surface area contributed by atoms with Crippen LogP contribution in [0.25, 0.3) is 58.8 Å². The van der Waals surface area contributed by atoms with Crippen molar-refractivity contribution in [3.63, 3.8) is 0 Å². The van der Waals surface area contributed by atoms with Crippen LogP contribution < -0.4 is 4.90 Å². The largest absolute Gasteiger partial charge is 0.314 e. The molecule has 2 heterocycles. The summed E-state index contributed by atoms with van der Waals surface area (Å²) in [4.78, 5) is 2.45. The van der Waals surface area contributed by atoms with E-state index in [0.717, 1.165) is 6.42 Å². The fourth-order valence-electron chi connectivity index (χ4n) is 9.28.